The first-order chi connectivity index (χ1) is 14.3. The van der Waals surface area contributed by atoms with Gasteiger partial charge in [0.2, 0.25) is 0 Å². The fourth-order valence-electron chi connectivity index (χ4n) is 9.14. The zero-order valence-corrected chi connectivity index (χ0v) is 20.5. The van der Waals surface area contributed by atoms with E-state index in [0.717, 1.165) is 31.1 Å². The number of hydrogen-bond donors (Lipinski definition) is 1. The molecule has 0 aliphatic heterocycles. The molecule has 0 spiro atoms. The maximum Gasteiger partial charge on any atom is 0.167 e. The van der Waals surface area contributed by atoms with E-state index in [1.165, 1.54) is 51.4 Å². The molecule has 9 atom stereocenters. The molecule has 0 aromatic carbocycles. The van der Waals surface area contributed by atoms with E-state index in [1.54, 1.807) is 0 Å². The molecule has 2 nitrogen and oxygen atoms in total. The number of carbonyl (C=O) groups excluding carboxylic acids is 1. The van der Waals surface area contributed by atoms with Crippen molar-refractivity contribution in [2.75, 3.05) is 0 Å². The summed E-state index contributed by atoms with van der Waals surface area (Å²) in [5.74, 6) is 3.85. The summed E-state index contributed by atoms with van der Waals surface area (Å²) in [6.07, 6.45) is 14.3. The Labute approximate surface area is 187 Å². The first kappa shape index (κ1) is 24.3. The Morgan fingerprint density at radius 1 is 0.967 bits per heavy atom. The molecule has 1 N–H and O–H groups in total. The second kappa shape index (κ2) is 9.68. The van der Waals surface area contributed by atoms with E-state index in [4.69, 9.17) is 7.85 Å². The minimum Gasteiger partial charge on any atom is -0.393 e. The van der Waals surface area contributed by atoms with E-state index in [-0.39, 0.29) is 11.8 Å². The van der Waals surface area contributed by atoms with Gasteiger partial charge < -0.3 is 9.90 Å². The second-order valence-corrected chi connectivity index (χ2v) is 11.4. The van der Waals surface area contributed by atoms with Gasteiger partial charge in [-0.3, -0.25) is 0 Å². The van der Waals surface area contributed by atoms with Crippen LogP contribution in [0.2, 0.25) is 0 Å². The summed E-state index contributed by atoms with van der Waals surface area (Å²) in [4.78, 5) is 11.2. The van der Waals surface area contributed by atoms with Crippen LogP contribution >= 0.6 is 0 Å². The third kappa shape index (κ3) is 3.95. The van der Waals surface area contributed by atoms with Crippen LogP contribution < -0.4 is 0 Å². The Balaban J connectivity index is 0.00000124. The number of fused-ring (bicyclic) bond motifs is 5. The fourth-order valence-corrected chi connectivity index (χ4v) is 9.14. The molecule has 3 heteroatoms. The predicted molar refractivity (Wildman–Crippen MR) is 126 cm³/mol. The summed E-state index contributed by atoms with van der Waals surface area (Å²) in [5.41, 5.74) is 0.651. The topological polar surface area (TPSA) is 37.3 Å². The molecule has 170 valence electrons. The van der Waals surface area contributed by atoms with Crippen LogP contribution in [0.25, 0.3) is 0 Å². The Kier molecular flexibility index (Phi) is 7.85. The van der Waals surface area contributed by atoms with E-state index in [1.807, 2.05) is 13.8 Å². The normalized spacial score (nSPS) is 47.3. The van der Waals surface area contributed by atoms with Crippen molar-refractivity contribution in [2.24, 2.45) is 46.3 Å². The van der Waals surface area contributed by atoms with Gasteiger partial charge in [-0.05, 0) is 104 Å². The Morgan fingerprint density at radius 2 is 1.67 bits per heavy atom. The minimum absolute atomic E-state index is 0.0971. The van der Waals surface area contributed by atoms with Gasteiger partial charge in [-0.2, -0.15) is 0 Å². The Hall–Kier alpha value is -0.305. The summed E-state index contributed by atoms with van der Waals surface area (Å²) in [6.45, 7) is 11.4. The van der Waals surface area contributed by atoms with E-state index < -0.39 is 0 Å². The fraction of sp³-hybridized carbons (Fsp3) is 0.963. The lowest BCUT2D eigenvalue weighted by Gasteiger charge is -2.64. The quantitative estimate of drug-likeness (QED) is 0.519. The average molecular weight is 414 g/mol. The van der Waals surface area contributed by atoms with Crippen molar-refractivity contribution in [3.05, 3.63) is 0 Å². The van der Waals surface area contributed by atoms with Gasteiger partial charge in [-0.25, -0.2) is 0 Å². The zero-order chi connectivity index (χ0) is 22.1. The molecule has 4 aliphatic carbocycles. The van der Waals surface area contributed by atoms with Gasteiger partial charge in [0.15, 0.2) is 7.85 Å². The van der Waals surface area contributed by atoms with E-state index >= 15 is 0 Å². The zero-order valence-electron chi connectivity index (χ0n) is 20.5. The minimum atomic E-state index is -0.159. The predicted octanol–water partition coefficient (Wildman–Crippen LogP) is 6.53. The van der Waals surface area contributed by atoms with Crippen molar-refractivity contribution in [3.8, 4) is 0 Å². The molecule has 30 heavy (non-hydrogen) atoms. The van der Waals surface area contributed by atoms with Crippen LogP contribution in [-0.4, -0.2) is 24.7 Å². The molecular weight excluding hydrogens is 367 g/mol. The molecule has 0 heterocycles. The average Bonchev–Trinajstić information content (AvgIpc) is 3.06. The highest BCUT2D eigenvalue weighted by atomic mass is 16.3. The van der Waals surface area contributed by atoms with Crippen molar-refractivity contribution < 1.29 is 9.90 Å². The monoisotopic (exact) mass is 414 g/mol. The van der Waals surface area contributed by atoms with Crippen LogP contribution in [0, 0.1) is 46.3 Å². The van der Waals surface area contributed by atoms with Gasteiger partial charge >= 0.3 is 0 Å². The molecular formula is C27H47BO2. The standard InChI is InChI=1S/C25H41BO2.C2H6/c1-4-17-18-9-5-6-14-25(18,3)20-13-15-24(2)16(8-7-10-21(26)27)11-12-19(24)22(20)23(17)28;1-2/h16-20,22-23,28H,4-15H2,1-3H3;1-2H3/t16?,17-,18?,19?,20?,22?,23-,24?,25?;/m1./s1. The number of carbonyl (C=O) groups is 1. The molecule has 0 amide bonds. The smallest absolute Gasteiger partial charge is 0.167 e. The molecule has 0 bridgehead atoms. The molecule has 4 rings (SSSR count). The summed E-state index contributed by atoms with van der Waals surface area (Å²) in [5, 5.41) is 11.7. The van der Waals surface area contributed by atoms with Crippen LogP contribution in [0.3, 0.4) is 0 Å². The van der Waals surface area contributed by atoms with Crippen LogP contribution in [0.1, 0.15) is 112 Å². The van der Waals surface area contributed by atoms with Crippen LogP contribution in [0.15, 0.2) is 0 Å². The van der Waals surface area contributed by atoms with Gasteiger partial charge in [0.25, 0.3) is 0 Å². The summed E-state index contributed by atoms with van der Waals surface area (Å²) in [6, 6.07) is 0. The summed E-state index contributed by atoms with van der Waals surface area (Å²) < 4.78 is 0. The maximum atomic E-state index is 11.7. The molecule has 4 aliphatic rings. The summed E-state index contributed by atoms with van der Waals surface area (Å²) in [7, 11) is 5.38. The number of aliphatic hydroxyl groups is 1. The summed E-state index contributed by atoms with van der Waals surface area (Å²) >= 11 is 0. The highest BCUT2D eigenvalue weighted by Gasteiger charge is 2.63. The molecule has 7 unspecified atom stereocenters. The molecule has 4 fully saturated rings. The van der Waals surface area contributed by atoms with Gasteiger partial charge in [-0.15, -0.1) is 0 Å². The highest BCUT2D eigenvalue weighted by molar-refractivity contribution is 6.57. The van der Waals surface area contributed by atoms with E-state index in [0.29, 0.717) is 40.9 Å². The lowest BCUT2D eigenvalue weighted by atomic mass is 9.41. The first-order valence-electron chi connectivity index (χ1n) is 13.3. The third-order valence-electron chi connectivity index (χ3n) is 10.5. The van der Waals surface area contributed by atoms with Crippen LogP contribution in [-0.2, 0) is 4.79 Å². The third-order valence-corrected chi connectivity index (χ3v) is 10.5. The van der Waals surface area contributed by atoms with Crippen molar-refractivity contribution in [2.45, 2.75) is 118 Å². The van der Waals surface area contributed by atoms with E-state index in [2.05, 4.69) is 20.8 Å². The van der Waals surface area contributed by atoms with Crippen LogP contribution in [0.5, 0.6) is 0 Å². The van der Waals surface area contributed by atoms with Crippen molar-refractivity contribution >= 4 is 13.5 Å². The maximum absolute atomic E-state index is 11.7. The van der Waals surface area contributed by atoms with Crippen molar-refractivity contribution in [1.82, 2.24) is 0 Å². The number of hydrogen-bond acceptors (Lipinski definition) is 2. The highest BCUT2D eigenvalue weighted by Crippen LogP contribution is 2.69. The number of rotatable bonds is 5. The van der Waals surface area contributed by atoms with Crippen LogP contribution in [0.4, 0.5) is 0 Å². The van der Waals surface area contributed by atoms with Gasteiger partial charge in [0.05, 0.1) is 11.8 Å². The van der Waals surface area contributed by atoms with Gasteiger partial charge in [0.1, 0.15) is 0 Å². The lowest BCUT2D eigenvalue weighted by molar-refractivity contribution is -0.193. The molecule has 4 saturated carbocycles. The van der Waals surface area contributed by atoms with Crippen molar-refractivity contribution in [1.29, 1.82) is 0 Å². The number of aliphatic hydroxyl groups excluding tert-OH is 1. The largest absolute Gasteiger partial charge is 0.393 e. The van der Waals surface area contributed by atoms with Gasteiger partial charge in [0, 0.05) is 0 Å². The molecule has 0 aromatic rings. The first-order valence-corrected chi connectivity index (χ1v) is 13.3. The Bertz CT molecular complexity index is 591. The molecule has 2 radical (unpaired) electrons. The SMILES string of the molecule is CC.[B]C(=O)CCCC1CCC2C3C(CCC12C)C1(C)CCCCC1[C@@H](CC)[C@H]3O. The second-order valence-electron chi connectivity index (χ2n) is 11.4. The molecule has 0 saturated heterocycles. The van der Waals surface area contributed by atoms with Gasteiger partial charge in [-0.1, -0.05) is 53.9 Å². The van der Waals surface area contributed by atoms with E-state index in [9.17, 15) is 9.90 Å². The Morgan fingerprint density at radius 3 is 2.33 bits per heavy atom. The lowest BCUT2D eigenvalue weighted by Crippen LogP contribution is -2.61. The van der Waals surface area contributed by atoms with Crippen molar-refractivity contribution in [3.63, 3.8) is 0 Å². The molecule has 0 aromatic heterocycles.